The van der Waals surface area contributed by atoms with Crippen LogP contribution in [0.15, 0.2) is 54.6 Å². The molecule has 0 atom stereocenters. The van der Waals surface area contributed by atoms with E-state index in [1.54, 1.807) is 24.0 Å². The summed E-state index contributed by atoms with van der Waals surface area (Å²) in [5.41, 5.74) is 1.94. The van der Waals surface area contributed by atoms with E-state index in [4.69, 9.17) is 4.74 Å². The number of ether oxygens (including phenoxy) is 1. The van der Waals surface area contributed by atoms with Crippen LogP contribution in [0.5, 0.6) is 0 Å². The minimum atomic E-state index is -0.617. The summed E-state index contributed by atoms with van der Waals surface area (Å²) in [6.07, 6.45) is 1.10. The minimum Gasteiger partial charge on any atom is -0.451 e. The predicted octanol–water partition coefficient (Wildman–Crippen LogP) is 4.29. The van der Waals surface area contributed by atoms with Crippen LogP contribution in [0.3, 0.4) is 0 Å². The first-order valence-corrected chi connectivity index (χ1v) is 11.8. The molecule has 0 radical (unpaired) electrons. The van der Waals surface area contributed by atoms with E-state index in [1.807, 2.05) is 30.3 Å². The third-order valence-corrected chi connectivity index (χ3v) is 6.85. The SMILES string of the molecule is Cc1nc(-c2ccc(F)cc2)sc1C(=O)OCC(=O)N1CCC(C(=O)Nc2ccccc2)CC1. The zero-order chi connectivity index (χ0) is 24.1. The monoisotopic (exact) mass is 481 g/mol. The third kappa shape index (κ3) is 5.66. The fourth-order valence-corrected chi connectivity index (χ4v) is 4.71. The highest BCUT2D eigenvalue weighted by molar-refractivity contribution is 7.17. The Morgan fingerprint density at radius 1 is 1.09 bits per heavy atom. The van der Waals surface area contributed by atoms with E-state index in [-0.39, 0.29) is 30.2 Å². The van der Waals surface area contributed by atoms with Gasteiger partial charge in [0.2, 0.25) is 5.91 Å². The first kappa shape index (κ1) is 23.6. The Morgan fingerprint density at radius 3 is 2.44 bits per heavy atom. The summed E-state index contributed by atoms with van der Waals surface area (Å²) in [4.78, 5) is 43.8. The van der Waals surface area contributed by atoms with Crippen LogP contribution < -0.4 is 5.32 Å². The highest BCUT2D eigenvalue weighted by Gasteiger charge is 2.28. The van der Waals surface area contributed by atoms with Crippen LogP contribution in [0.1, 0.15) is 28.2 Å². The molecule has 0 saturated carbocycles. The van der Waals surface area contributed by atoms with Crippen molar-refractivity contribution in [3.63, 3.8) is 0 Å². The molecule has 2 heterocycles. The van der Waals surface area contributed by atoms with Crippen molar-refractivity contribution in [3.05, 3.63) is 71.0 Å². The van der Waals surface area contributed by atoms with Crippen LogP contribution in [-0.2, 0) is 14.3 Å². The quantitative estimate of drug-likeness (QED) is 0.531. The summed E-state index contributed by atoms with van der Waals surface area (Å²) in [6, 6.07) is 15.1. The molecule has 1 aromatic heterocycles. The second kappa shape index (κ2) is 10.6. The summed E-state index contributed by atoms with van der Waals surface area (Å²) in [6.45, 7) is 2.17. The van der Waals surface area contributed by atoms with Gasteiger partial charge in [-0.15, -0.1) is 11.3 Å². The maximum atomic E-state index is 13.1. The molecular formula is C25H24FN3O4S. The number of aromatic nitrogens is 1. The zero-order valence-electron chi connectivity index (χ0n) is 18.6. The van der Waals surface area contributed by atoms with Crippen LogP contribution in [0, 0.1) is 18.7 Å². The number of para-hydroxylation sites is 1. The number of likely N-dealkylation sites (tertiary alicyclic amines) is 1. The van der Waals surface area contributed by atoms with Gasteiger partial charge in [0, 0.05) is 30.3 Å². The van der Waals surface area contributed by atoms with Gasteiger partial charge in [0.15, 0.2) is 6.61 Å². The van der Waals surface area contributed by atoms with Gasteiger partial charge in [0.05, 0.1) is 5.69 Å². The smallest absolute Gasteiger partial charge is 0.350 e. The number of hydrogen-bond donors (Lipinski definition) is 1. The number of benzene rings is 2. The lowest BCUT2D eigenvalue weighted by Crippen LogP contribution is -2.43. The van der Waals surface area contributed by atoms with Crippen molar-refractivity contribution in [2.24, 2.45) is 5.92 Å². The molecule has 1 fully saturated rings. The van der Waals surface area contributed by atoms with Gasteiger partial charge in [-0.05, 0) is 56.2 Å². The lowest BCUT2D eigenvalue weighted by atomic mass is 9.95. The lowest BCUT2D eigenvalue weighted by Gasteiger charge is -2.31. The molecule has 4 rings (SSSR count). The van der Waals surface area contributed by atoms with E-state index in [0.717, 1.165) is 17.0 Å². The van der Waals surface area contributed by atoms with Crippen LogP contribution >= 0.6 is 11.3 Å². The standard InChI is InChI=1S/C25H24FN3O4S/c1-16-22(34-24(27-16)18-7-9-19(26)10-8-18)25(32)33-15-21(30)29-13-11-17(12-14-29)23(31)28-20-5-3-2-4-6-20/h2-10,17H,11-15H2,1H3,(H,28,31). The average molecular weight is 482 g/mol. The molecule has 3 aromatic rings. The van der Waals surface area contributed by atoms with Gasteiger partial charge >= 0.3 is 5.97 Å². The van der Waals surface area contributed by atoms with E-state index in [0.29, 0.717) is 47.1 Å². The van der Waals surface area contributed by atoms with Crippen LogP contribution in [0.25, 0.3) is 10.6 Å². The van der Waals surface area contributed by atoms with E-state index >= 15 is 0 Å². The van der Waals surface area contributed by atoms with Crippen molar-refractivity contribution in [2.75, 3.05) is 25.0 Å². The largest absolute Gasteiger partial charge is 0.451 e. The maximum absolute atomic E-state index is 13.1. The molecule has 0 aliphatic carbocycles. The molecular weight excluding hydrogens is 457 g/mol. The van der Waals surface area contributed by atoms with E-state index in [2.05, 4.69) is 10.3 Å². The Labute approximate surface area is 200 Å². The normalized spacial score (nSPS) is 14.0. The summed E-state index contributed by atoms with van der Waals surface area (Å²) in [7, 11) is 0. The molecule has 1 aliphatic heterocycles. The number of thiazole rings is 1. The number of halogens is 1. The lowest BCUT2D eigenvalue weighted by molar-refractivity contribution is -0.137. The molecule has 0 unspecified atom stereocenters. The van der Waals surface area contributed by atoms with Crippen molar-refractivity contribution in [1.82, 2.24) is 9.88 Å². The molecule has 2 amide bonds. The third-order valence-electron chi connectivity index (χ3n) is 5.66. The summed E-state index contributed by atoms with van der Waals surface area (Å²) in [5, 5.41) is 3.48. The Kier molecular flexibility index (Phi) is 7.32. The van der Waals surface area contributed by atoms with Gasteiger partial charge in [-0.2, -0.15) is 0 Å². The first-order valence-electron chi connectivity index (χ1n) is 10.9. The van der Waals surface area contributed by atoms with E-state index in [1.165, 1.54) is 12.1 Å². The van der Waals surface area contributed by atoms with Gasteiger partial charge in [-0.1, -0.05) is 18.2 Å². The average Bonchev–Trinajstić information content (AvgIpc) is 3.25. The number of piperidine rings is 1. The number of amides is 2. The molecule has 2 aromatic carbocycles. The van der Waals surface area contributed by atoms with Gasteiger partial charge in [-0.25, -0.2) is 14.2 Å². The second-order valence-corrected chi connectivity index (χ2v) is 9.03. The molecule has 1 N–H and O–H groups in total. The Morgan fingerprint density at radius 2 is 1.76 bits per heavy atom. The Bertz CT molecular complexity index is 1170. The van der Waals surface area contributed by atoms with Crippen LogP contribution in [-0.4, -0.2) is 47.4 Å². The maximum Gasteiger partial charge on any atom is 0.350 e. The number of esters is 1. The molecule has 34 heavy (non-hydrogen) atoms. The number of rotatable bonds is 6. The van der Waals surface area contributed by atoms with Crippen molar-refractivity contribution < 1.29 is 23.5 Å². The Balaban J connectivity index is 1.26. The molecule has 9 heteroatoms. The molecule has 1 saturated heterocycles. The number of carbonyl (C=O) groups excluding carboxylic acids is 3. The van der Waals surface area contributed by atoms with E-state index < -0.39 is 5.97 Å². The van der Waals surface area contributed by atoms with Gasteiger partial charge in [0.25, 0.3) is 5.91 Å². The highest BCUT2D eigenvalue weighted by atomic mass is 32.1. The van der Waals surface area contributed by atoms with Crippen LogP contribution in [0.2, 0.25) is 0 Å². The molecule has 0 bridgehead atoms. The number of hydrogen-bond acceptors (Lipinski definition) is 6. The Hall–Kier alpha value is -3.59. The van der Waals surface area contributed by atoms with Crippen molar-refractivity contribution in [1.29, 1.82) is 0 Å². The minimum absolute atomic E-state index is 0.0534. The number of nitrogens with one attached hydrogen (secondary N) is 1. The molecule has 0 spiro atoms. The molecule has 1 aliphatic rings. The second-order valence-electron chi connectivity index (χ2n) is 8.03. The summed E-state index contributed by atoms with van der Waals surface area (Å²) >= 11 is 1.14. The predicted molar refractivity (Wildman–Crippen MR) is 127 cm³/mol. The molecule has 176 valence electrons. The number of carbonyl (C=O) groups is 3. The number of aryl methyl sites for hydroxylation is 1. The fourth-order valence-electron chi connectivity index (χ4n) is 3.74. The first-order chi connectivity index (χ1) is 16.4. The van der Waals surface area contributed by atoms with Gasteiger partial charge in [0.1, 0.15) is 15.7 Å². The topological polar surface area (TPSA) is 88.6 Å². The van der Waals surface area contributed by atoms with Crippen molar-refractivity contribution in [3.8, 4) is 10.6 Å². The summed E-state index contributed by atoms with van der Waals surface area (Å²) < 4.78 is 18.4. The highest BCUT2D eigenvalue weighted by Crippen LogP contribution is 2.28. The zero-order valence-corrected chi connectivity index (χ0v) is 19.4. The van der Waals surface area contributed by atoms with Crippen LogP contribution in [0.4, 0.5) is 10.1 Å². The van der Waals surface area contributed by atoms with E-state index in [9.17, 15) is 18.8 Å². The molecule has 7 nitrogen and oxygen atoms in total. The van der Waals surface area contributed by atoms with Crippen molar-refractivity contribution in [2.45, 2.75) is 19.8 Å². The number of nitrogens with zero attached hydrogens (tertiary/aromatic N) is 2. The van der Waals surface area contributed by atoms with Crippen molar-refractivity contribution >= 4 is 34.8 Å². The fraction of sp³-hybridized carbons (Fsp3) is 0.280. The number of anilines is 1. The van der Waals surface area contributed by atoms with Gasteiger partial charge < -0.3 is 15.0 Å². The van der Waals surface area contributed by atoms with Gasteiger partial charge in [-0.3, -0.25) is 9.59 Å². The summed E-state index contributed by atoms with van der Waals surface area (Å²) in [5.74, 6) is -1.49.